The van der Waals surface area contributed by atoms with Crippen LogP contribution in [0.1, 0.15) is 28.7 Å². The predicted molar refractivity (Wildman–Crippen MR) is 103 cm³/mol. The molecule has 8 heteroatoms. The standard InChI is InChI=1S/C22H20F3N3O2/c1-27(12-16-5-2-4-15(8-16)11-26)21(30)18-10-20(29)28(14-18)13-17-6-3-7-19(9-17)22(23,24)25/h2-9,18H,10,12-14H2,1H3/t18-/m0/s1. The normalized spacial score (nSPS) is 16.4. The fourth-order valence-corrected chi connectivity index (χ4v) is 3.56. The number of halogens is 3. The molecule has 0 bridgehead atoms. The van der Waals surface area contributed by atoms with Crippen molar-refractivity contribution in [3.63, 3.8) is 0 Å². The molecule has 1 heterocycles. The Labute approximate surface area is 172 Å². The van der Waals surface area contributed by atoms with Gasteiger partial charge in [0, 0.05) is 33.1 Å². The van der Waals surface area contributed by atoms with Crippen molar-refractivity contribution >= 4 is 11.8 Å². The van der Waals surface area contributed by atoms with Crippen LogP contribution in [0.3, 0.4) is 0 Å². The van der Waals surface area contributed by atoms with Crippen LogP contribution in [-0.2, 0) is 28.9 Å². The highest BCUT2D eigenvalue weighted by atomic mass is 19.4. The smallest absolute Gasteiger partial charge is 0.341 e. The first-order valence-corrected chi connectivity index (χ1v) is 9.35. The van der Waals surface area contributed by atoms with Gasteiger partial charge in [0.05, 0.1) is 23.1 Å². The maximum absolute atomic E-state index is 12.9. The summed E-state index contributed by atoms with van der Waals surface area (Å²) in [6.45, 7) is 0.490. The summed E-state index contributed by atoms with van der Waals surface area (Å²) in [5.41, 5.74) is 0.901. The number of amides is 2. The van der Waals surface area contributed by atoms with Crippen molar-refractivity contribution in [1.29, 1.82) is 5.26 Å². The Kier molecular flexibility index (Phi) is 6.11. The molecule has 2 aromatic carbocycles. The first-order valence-electron chi connectivity index (χ1n) is 9.35. The summed E-state index contributed by atoms with van der Waals surface area (Å²) in [5, 5.41) is 8.98. The first-order chi connectivity index (χ1) is 14.2. The van der Waals surface area contributed by atoms with E-state index in [0.717, 1.165) is 17.7 Å². The second-order valence-corrected chi connectivity index (χ2v) is 7.38. The number of carbonyl (C=O) groups excluding carboxylic acids is 2. The lowest BCUT2D eigenvalue weighted by atomic mass is 10.1. The van der Waals surface area contributed by atoms with E-state index in [4.69, 9.17) is 5.26 Å². The highest BCUT2D eigenvalue weighted by Gasteiger charge is 2.36. The molecule has 0 aromatic heterocycles. The van der Waals surface area contributed by atoms with Crippen LogP contribution < -0.4 is 0 Å². The summed E-state index contributed by atoms with van der Waals surface area (Å²) in [7, 11) is 1.63. The van der Waals surface area contributed by atoms with Gasteiger partial charge in [-0.05, 0) is 35.4 Å². The van der Waals surface area contributed by atoms with Crippen molar-refractivity contribution in [2.45, 2.75) is 25.7 Å². The average Bonchev–Trinajstić information content (AvgIpc) is 3.07. The Hall–Kier alpha value is -3.34. The van der Waals surface area contributed by atoms with Crippen LogP contribution in [0.25, 0.3) is 0 Å². The predicted octanol–water partition coefficient (Wildman–Crippen LogP) is 3.58. The fourth-order valence-electron chi connectivity index (χ4n) is 3.56. The van der Waals surface area contributed by atoms with E-state index in [1.807, 2.05) is 12.1 Å². The third-order valence-corrected chi connectivity index (χ3v) is 5.04. The van der Waals surface area contributed by atoms with Gasteiger partial charge in [0.1, 0.15) is 0 Å². The summed E-state index contributed by atoms with van der Waals surface area (Å²) < 4.78 is 38.7. The molecule has 0 aliphatic carbocycles. The minimum absolute atomic E-state index is 0.0281. The van der Waals surface area contributed by atoms with E-state index < -0.39 is 17.7 Å². The number of hydrogen-bond acceptors (Lipinski definition) is 3. The molecule has 1 saturated heterocycles. The molecule has 0 saturated carbocycles. The highest BCUT2D eigenvalue weighted by Crippen LogP contribution is 2.30. The van der Waals surface area contributed by atoms with Gasteiger partial charge >= 0.3 is 6.18 Å². The minimum Gasteiger partial charge on any atom is -0.341 e. The van der Waals surface area contributed by atoms with Crippen LogP contribution in [0.4, 0.5) is 13.2 Å². The van der Waals surface area contributed by atoms with Gasteiger partial charge in [0.2, 0.25) is 11.8 Å². The minimum atomic E-state index is -4.45. The highest BCUT2D eigenvalue weighted by molar-refractivity contribution is 5.89. The molecule has 30 heavy (non-hydrogen) atoms. The van der Waals surface area contributed by atoms with Gasteiger partial charge in [0.25, 0.3) is 0 Å². The van der Waals surface area contributed by atoms with Crippen molar-refractivity contribution in [1.82, 2.24) is 9.80 Å². The number of likely N-dealkylation sites (tertiary alicyclic amines) is 1. The molecule has 5 nitrogen and oxygen atoms in total. The van der Waals surface area contributed by atoms with Crippen LogP contribution in [-0.4, -0.2) is 35.2 Å². The van der Waals surface area contributed by atoms with E-state index in [2.05, 4.69) is 0 Å². The van der Waals surface area contributed by atoms with Crippen molar-refractivity contribution in [2.24, 2.45) is 5.92 Å². The Morgan fingerprint density at radius 1 is 1.20 bits per heavy atom. The quantitative estimate of drug-likeness (QED) is 0.750. The summed E-state index contributed by atoms with van der Waals surface area (Å²) in [6, 6.07) is 13.8. The van der Waals surface area contributed by atoms with Crippen molar-refractivity contribution in [2.75, 3.05) is 13.6 Å². The second kappa shape index (κ2) is 8.57. The zero-order chi connectivity index (χ0) is 21.9. The van der Waals surface area contributed by atoms with Crippen LogP contribution >= 0.6 is 0 Å². The molecule has 1 aliphatic heterocycles. The number of carbonyl (C=O) groups is 2. The van der Waals surface area contributed by atoms with E-state index in [1.54, 1.807) is 25.2 Å². The molecule has 1 atom stereocenters. The Morgan fingerprint density at radius 2 is 1.90 bits per heavy atom. The Balaban J connectivity index is 1.63. The number of benzene rings is 2. The first kappa shape index (κ1) is 21.4. The van der Waals surface area contributed by atoms with Crippen molar-refractivity contribution in [3.8, 4) is 6.07 Å². The third kappa shape index (κ3) is 4.98. The van der Waals surface area contributed by atoms with E-state index in [-0.39, 0.29) is 31.3 Å². The summed E-state index contributed by atoms with van der Waals surface area (Å²) in [6.07, 6.45) is -4.42. The van der Waals surface area contributed by atoms with Crippen LogP contribution in [0.5, 0.6) is 0 Å². The molecule has 0 radical (unpaired) electrons. The summed E-state index contributed by atoms with van der Waals surface area (Å²) in [5.74, 6) is -1.02. The molecule has 0 spiro atoms. The van der Waals surface area contributed by atoms with E-state index in [0.29, 0.717) is 17.7 Å². The van der Waals surface area contributed by atoms with Gasteiger partial charge in [-0.3, -0.25) is 9.59 Å². The maximum Gasteiger partial charge on any atom is 0.416 e. The molecule has 3 rings (SSSR count). The SMILES string of the molecule is CN(Cc1cccc(C#N)c1)C(=O)[C@H]1CC(=O)N(Cc2cccc(C(F)(F)F)c2)C1. The monoisotopic (exact) mass is 415 g/mol. The fraction of sp³-hybridized carbons (Fsp3) is 0.318. The zero-order valence-electron chi connectivity index (χ0n) is 16.3. The van der Waals surface area contributed by atoms with Gasteiger partial charge in [0.15, 0.2) is 0 Å². The van der Waals surface area contributed by atoms with E-state index >= 15 is 0 Å². The molecule has 0 unspecified atom stereocenters. The molecule has 2 amide bonds. The van der Waals surface area contributed by atoms with Crippen LogP contribution in [0.2, 0.25) is 0 Å². The average molecular weight is 415 g/mol. The largest absolute Gasteiger partial charge is 0.416 e. The van der Waals surface area contributed by atoms with Crippen LogP contribution in [0, 0.1) is 17.2 Å². The molecular weight excluding hydrogens is 395 g/mol. The lowest BCUT2D eigenvalue weighted by Gasteiger charge is -2.22. The van der Waals surface area contributed by atoms with E-state index in [1.165, 1.54) is 21.9 Å². The number of rotatable bonds is 5. The molecule has 156 valence electrons. The lowest BCUT2D eigenvalue weighted by molar-refractivity contribution is -0.137. The van der Waals surface area contributed by atoms with E-state index in [9.17, 15) is 22.8 Å². The number of nitriles is 1. The third-order valence-electron chi connectivity index (χ3n) is 5.04. The Morgan fingerprint density at radius 3 is 2.60 bits per heavy atom. The van der Waals surface area contributed by atoms with Gasteiger partial charge < -0.3 is 9.80 Å². The van der Waals surface area contributed by atoms with Gasteiger partial charge in [-0.1, -0.05) is 24.3 Å². The zero-order valence-corrected chi connectivity index (χ0v) is 16.3. The lowest BCUT2D eigenvalue weighted by Crippen LogP contribution is -2.34. The number of hydrogen-bond donors (Lipinski definition) is 0. The summed E-state index contributed by atoms with van der Waals surface area (Å²) >= 11 is 0. The van der Waals surface area contributed by atoms with Gasteiger partial charge in [-0.2, -0.15) is 18.4 Å². The topological polar surface area (TPSA) is 64.4 Å². The molecule has 1 fully saturated rings. The molecular formula is C22H20F3N3O2. The van der Waals surface area contributed by atoms with Gasteiger partial charge in [-0.25, -0.2) is 0 Å². The Bertz CT molecular complexity index is 998. The second-order valence-electron chi connectivity index (χ2n) is 7.38. The maximum atomic E-state index is 12.9. The van der Waals surface area contributed by atoms with Gasteiger partial charge in [-0.15, -0.1) is 0 Å². The van der Waals surface area contributed by atoms with Crippen LogP contribution in [0.15, 0.2) is 48.5 Å². The molecule has 1 aliphatic rings. The van der Waals surface area contributed by atoms with Crippen molar-refractivity contribution in [3.05, 3.63) is 70.8 Å². The van der Waals surface area contributed by atoms with Crippen molar-refractivity contribution < 1.29 is 22.8 Å². The number of alkyl halides is 3. The summed E-state index contributed by atoms with van der Waals surface area (Å²) in [4.78, 5) is 28.0. The molecule has 2 aromatic rings. The molecule has 0 N–H and O–H groups in total. The number of nitrogens with zero attached hydrogens (tertiary/aromatic N) is 3.